The molecule has 0 radical (unpaired) electrons. The Labute approximate surface area is 191 Å². The number of likely N-dealkylation sites (tertiary alicyclic amines) is 1. The van der Waals surface area contributed by atoms with E-state index in [0.29, 0.717) is 29.4 Å². The number of rotatable bonds is 4. The molecule has 168 valence electrons. The number of ether oxygens (including phenoxy) is 1. The third-order valence-corrected chi connectivity index (χ3v) is 5.86. The Morgan fingerprint density at radius 2 is 2.06 bits per heavy atom. The molecule has 33 heavy (non-hydrogen) atoms. The first-order valence-electron chi connectivity index (χ1n) is 10.9. The van der Waals surface area contributed by atoms with Gasteiger partial charge >= 0.3 is 0 Å². The van der Waals surface area contributed by atoms with Gasteiger partial charge in [0.15, 0.2) is 5.60 Å². The molecule has 0 spiro atoms. The summed E-state index contributed by atoms with van der Waals surface area (Å²) >= 11 is 0. The largest absolute Gasteiger partial charge is 0.476 e. The van der Waals surface area contributed by atoms with Gasteiger partial charge in [-0.25, -0.2) is 4.98 Å². The van der Waals surface area contributed by atoms with E-state index < -0.39 is 5.60 Å². The fraction of sp³-hybridized carbons (Fsp3) is 0.292. The second kappa shape index (κ2) is 8.16. The van der Waals surface area contributed by atoms with E-state index in [4.69, 9.17) is 4.74 Å². The minimum Gasteiger partial charge on any atom is -0.476 e. The molecule has 1 aromatic carbocycles. The van der Waals surface area contributed by atoms with Crippen molar-refractivity contribution in [2.75, 3.05) is 17.2 Å². The highest BCUT2D eigenvalue weighted by Gasteiger charge is 2.36. The number of benzene rings is 1. The average Bonchev–Trinajstić information content (AvgIpc) is 3.30. The first-order chi connectivity index (χ1) is 15.9. The minimum atomic E-state index is -0.946. The molecule has 3 aromatic rings. The van der Waals surface area contributed by atoms with Gasteiger partial charge in [0.25, 0.3) is 11.8 Å². The average molecular weight is 444 g/mol. The number of nitrogens with one attached hydrogen (secondary N) is 2. The van der Waals surface area contributed by atoms with E-state index >= 15 is 0 Å². The number of nitrogens with zero attached hydrogens (tertiary/aromatic N) is 4. The summed E-state index contributed by atoms with van der Waals surface area (Å²) in [6.07, 6.45) is 8.34. The Bertz CT molecular complexity index is 1200. The molecular weight excluding hydrogens is 420 g/mol. The van der Waals surface area contributed by atoms with Crippen LogP contribution in [0.3, 0.4) is 0 Å². The summed E-state index contributed by atoms with van der Waals surface area (Å²) in [5.74, 6) is 0.861. The molecule has 2 amide bonds. The molecule has 0 unspecified atom stereocenters. The zero-order chi connectivity index (χ0) is 23.0. The lowest BCUT2D eigenvalue weighted by atomic mass is 10.0. The summed E-state index contributed by atoms with van der Waals surface area (Å²) in [6, 6.07) is 8.90. The first kappa shape index (κ1) is 20.9. The highest BCUT2D eigenvalue weighted by atomic mass is 16.5. The van der Waals surface area contributed by atoms with Gasteiger partial charge in [0.2, 0.25) is 0 Å². The lowest BCUT2D eigenvalue weighted by Gasteiger charge is -2.32. The molecule has 1 fully saturated rings. The first-order valence-corrected chi connectivity index (χ1v) is 10.9. The Kier molecular flexibility index (Phi) is 5.16. The van der Waals surface area contributed by atoms with Crippen molar-refractivity contribution < 1.29 is 14.3 Å². The van der Waals surface area contributed by atoms with E-state index in [1.54, 1.807) is 56.8 Å². The van der Waals surface area contributed by atoms with Crippen LogP contribution in [0.4, 0.5) is 17.2 Å². The zero-order valence-corrected chi connectivity index (χ0v) is 18.4. The number of aromatic nitrogens is 3. The van der Waals surface area contributed by atoms with Gasteiger partial charge in [0, 0.05) is 24.5 Å². The van der Waals surface area contributed by atoms with Gasteiger partial charge in [-0.1, -0.05) is 0 Å². The van der Waals surface area contributed by atoms with Gasteiger partial charge < -0.3 is 20.3 Å². The van der Waals surface area contributed by atoms with Crippen molar-refractivity contribution in [1.82, 2.24) is 19.9 Å². The van der Waals surface area contributed by atoms with Crippen LogP contribution in [-0.4, -0.2) is 43.8 Å². The summed E-state index contributed by atoms with van der Waals surface area (Å²) in [6.45, 7) is 4.07. The molecule has 9 heteroatoms. The van der Waals surface area contributed by atoms with Crippen LogP contribution < -0.4 is 15.4 Å². The van der Waals surface area contributed by atoms with Crippen molar-refractivity contribution in [3.05, 3.63) is 66.4 Å². The van der Waals surface area contributed by atoms with E-state index in [0.717, 1.165) is 24.2 Å². The number of amides is 2. The molecule has 2 N–H and O–H groups in total. The third kappa shape index (κ3) is 4.09. The van der Waals surface area contributed by atoms with Gasteiger partial charge in [0.1, 0.15) is 11.6 Å². The molecule has 4 heterocycles. The van der Waals surface area contributed by atoms with Crippen LogP contribution in [0, 0.1) is 0 Å². The minimum absolute atomic E-state index is 0.0945. The predicted octanol–water partition coefficient (Wildman–Crippen LogP) is 3.70. The van der Waals surface area contributed by atoms with E-state index in [1.807, 2.05) is 17.0 Å². The molecular formula is C24H24N6O3. The van der Waals surface area contributed by atoms with Crippen LogP contribution in [0.2, 0.25) is 0 Å². The zero-order valence-electron chi connectivity index (χ0n) is 18.4. The van der Waals surface area contributed by atoms with Crippen molar-refractivity contribution in [3.63, 3.8) is 0 Å². The van der Waals surface area contributed by atoms with Crippen LogP contribution in [0.5, 0.6) is 5.75 Å². The van der Waals surface area contributed by atoms with E-state index in [9.17, 15) is 9.59 Å². The molecule has 0 aliphatic carbocycles. The second-order valence-corrected chi connectivity index (χ2v) is 8.62. The number of anilines is 3. The highest BCUT2D eigenvalue weighted by molar-refractivity contribution is 6.02. The summed E-state index contributed by atoms with van der Waals surface area (Å²) in [5.41, 5.74) is 1.70. The summed E-state index contributed by atoms with van der Waals surface area (Å²) in [4.78, 5) is 40.3. The molecule has 5 rings (SSSR count). The van der Waals surface area contributed by atoms with Gasteiger partial charge in [-0.05, 0) is 57.0 Å². The quantitative estimate of drug-likeness (QED) is 0.631. The lowest BCUT2D eigenvalue weighted by molar-refractivity contribution is -0.129. The van der Waals surface area contributed by atoms with Crippen LogP contribution in [-0.2, 0) is 4.79 Å². The summed E-state index contributed by atoms with van der Waals surface area (Å²) < 4.78 is 5.77. The van der Waals surface area contributed by atoms with Crippen LogP contribution >= 0.6 is 0 Å². The Morgan fingerprint density at radius 1 is 1.18 bits per heavy atom. The van der Waals surface area contributed by atoms with Gasteiger partial charge in [0.05, 0.1) is 35.5 Å². The molecule has 0 bridgehead atoms. The van der Waals surface area contributed by atoms with E-state index in [-0.39, 0.29) is 17.9 Å². The standard InChI is InChI=1S/C24H24N6O3/c1-24(2)23(32)29-18-12-15(5-8-20(18)33-24)22(31)30-11-3-4-19(30)17-7-6-16(13-27-17)28-21-14-25-9-10-26-21/h5-10,12-14,19H,3-4,11H2,1-2H3,(H,26,28)(H,29,32)/t19-/m0/s1. The van der Waals surface area contributed by atoms with E-state index in [1.165, 1.54) is 0 Å². The molecule has 2 aromatic heterocycles. The highest BCUT2D eigenvalue weighted by Crippen LogP contribution is 2.37. The normalized spacial score (nSPS) is 18.8. The number of carbonyl (C=O) groups excluding carboxylic acids is 2. The fourth-order valence-electron chi connectivity index (χ4n) is 4.11. The van der Waals surface area contributed by atoms with Gasteiger partial charge in [-0.15, -0.1) is 0 Å². The number of fused-ring (bicyclic) bond motifs is 1. The SMILES string of the molecule is CC1(C)Oc2ccc(C(=O)N3CCC[C@H]3c3ccc(Nc4cnccn4)cn3)cc2NC1=O. The van der Waals surface area contributed by atoms with Crippen LogP contribution in [0.15, 0.2) is 55.1 Å². The fourth-order valence-corrected chi connectivity index (χ4v) is 4.11. The maximum absolute atomic E-state index is 13.4. The number of pyridine rings is 1. The molecule has 2 aliphatic heterocycles. The monoisotopic (exact) mass is 444 g/mol. The number of carbonyl (C=O) groups is 2. The predicted molar refractivity (Wildman–Crippen MR) is 122 cm³/mol. The van der Waals surface area contributed by atoms with Crippen LogP contribution in [0.1, 0.15) is 48.8 Å². The lowest BCUT2D eigenvalue weighted by Crippen LogP contribution is -2.45. The van der Waals surface area contributed by atoms with Crippen molar-refractivity contribution in [2.45, 2.75) is 38.3 Å². The second-order valence-electron chi connectivity index (χ2n) is 8.62. The topological polar surface area (TPSA) is 109 Å². The molecule has 1 saturated heterocycles. The third-order valence-electron chi connectivity index (χ3n) is 5.86. The number of hydrogen-bond acceptors (Lipinski definition) is 7. The van der Waals surface area contributed by atoms with Crippen molar-refractivity contribution in [1.29, 1.82) is 0 Å². The summed E-state index contributed by atoms with van der Waals surface area (Å²) in [5, 5.41) is 6.00. The van der Waals surface area contributed by atoms with Crippen molar-refractivity contribution in [2.24, 2.45) is 0 Å². The Hall–Kier alpha value is -4.01. The van der Waals surface area contributed by atoms with Crippen molar-refractivity contribution in [3.8, 4) is 5.75 Å². The molecule has 0 saturated carbocycles. The smallest absolute Gasteiger partial charge is 0.268 e. The maximum Gasteiger partial charge on any atom is 0.268 e. The Balaban J connectivity index is 1.33. The molecule has 2 aliphatic rings. The van der Waals surface area contributed by atoms with Crippen LogP contribution in [0.25, 0.3) is 0 Å². The number of hydrogen-bond donors (Lipinski definition) is 2. The van der Waals surface area contributed by atoms with Gasteiger partial charge in [-0.3, -0.25) is 19.6 Å². The molecule has 9 nitrogen and oxygen atoms in total. The van der Waals surface area contributed by atoms with Gasteiger partial charge in [-0.2, -0.15) is 0 Å². The molecule has 1 atom stereocenters. The Morgan fingerprint density at radius 3 is 2.82 bits per heavy atom. The maximum atomic E-state index is 13.4. The van der Waals surface area contributed by atoms with E-state index in [2.05, 4.69) is 25.6 Å². The summed E-state index contributed by atoms with van der Waals surface area (Å²) in [7, 11) is 0. The van der Waals surface area contributed by atoms with Crippen molar-refractivity contribution >= 4 is 29.0 Å².